The number of aromatic nitrogens is 1. The summed E-state index contributed by atoms with van der Waals surface area (Å²) in [6.45, 7) is 0.277. The first-order chi connectivity index (χ1) is 11.7. The first-order valence-corrected chi connectivity index (χ1v) is 7.55. The number of cyclic esters (lactones) is 1. The monoisotopic (exact) mass is 323 g/mol. The molecule has 0 spiro atoms. The SMILES string of the molecule is O=C(O[C@H]1CCOC1=O)c1ccc2noc(-c3ccccc3)c2c1. The molecule has 6 nitrogen and oxygen atoms in total. The number of esters is 2. The van der Waals surface area contributed by atoms with Crippen LogP contribution in [-0.4, -0.2) is 29.8 Å². The highest BCUT2D eigenvalue weighted by atomic mass is 16.6. The van der Waals surface area contributed by atoms with Crippen molar-refractivity contribution in [1.29, 1.82) is 0 Å². The van der Waals surface area contributed by atoms with Gasteiger partial charge in [-0.15, -0.1) is 0 Å². The molecule has 24 heavy (non-hydrogen) atoms. The van der Waals surface area contributed by atoms with Crippen LogP contribution in [0.5, 0.6) is 0 Å². The van der Waals surface area contributed by atoms with Gasteiger partial charge < -0.3 is 14.0 Å². The van der Waals surface area contributed by atoms with E-state index in [1.165, 1.54) is 0 Å². The van der Waals surface area contributed by atoms with Crippen LogP contribution in [0.1, 0.15) is 16.8 Å². The molecule has 2 heterocycles. The zero-order valence-corrected chi connectivity index (χ0v) is 12.6. The summed E-state index contributed by atoms with van der Waals surface area (Å²) in [5, 5.41) is 4.72. The molecule has 2 aromatic carbocycles. The summed E-state index contributed by atoms with van der Waals surface area (Å²) in [6.07, 6.45) is -0.445. The zero-order valence-electron chi connectivity index (χ0n) is 12.6. The molecule has 0 unspecified atom stereocenters. The molecule has 1 atom stereocenters. The van der Waals surface area contributed by atoms with Gasteiger partial charge in [-0.2, -0.15) is 0 Å². The van der Waals surface area contributed by atoms with E-state index in [-0.39, 0.29) is 6.61 Å². The molecule has 0 radical (unpaired) electrons. The Balaban J connectivity index is 1.67. The summed E-state index contributed by atoms with van der Waals surface area (Å²) in [7, 11) is 0. The zero-order chi connectivity index (χ0) is 16.5. The van der Waals surface area contributed by atoms with E-state index >= 15 is 0 Å². The summed E-state index contributed by atoms with van der Waals surface area (Å²) in [4.78, 5) is 23.7. The Hall–Kier alpha value is -3.15. The van der Waals surface area contributed by atoms with E-state index in [2.05, 4.69) is 5.16 Å². The Bertz CT molecular complexity index is 916. The molecule has 6 heteroatoms. The second-order valence-electron chi connectivity index (χ2n) is 5.46. The van der Waals surface area contributed by atoms with E-state index in [0.29, 0.717) is 28.6 Å². The Morgan fingerprint density at radius 1 is 1.17 bits per heavy atom. The lowest BCUT2D eigenvalue weighted by Gasteiger charge is -2.08. The molecule has 1 aliphatic rings. The van der Waals surface area contributed by atoms with Gasteiger partial charge in [0.05, 0.1) is 17.6 Å². The molecule has 1 fully saturated rings. The normalized spacial score (nSPS) is 17.0. The fourth-order valence-electron chi connectivity index (χ4n) is 2.65. The number of ether oxygens (including phenoxy) is 2. The standard InChI is InChI=1S/C18H13NO5/c20-17(23-15-8-9-22-18(15)21)12-6-7-14-13(10-12)16(24-19-14)11-4-2-1-3-5-11/h1-7,10,15H,8-9H2/t15-/m0/s1. The predicted molar refractivity (Wildman–Crippen MR) is 84.2 cm³/mol. The van der Waals surface area contributed by atoms with Crippen LogP contribution in [0.4, 0.5) is 0 Å². The van der Waals surface area contributed by atoms with Crippen LogP contribution in [-0.2, 0) is 14.3 Å². The maximum atomic E-state index is 12.3. The van der Waals surface area contributed by atoms with Crippen molar-refractivity contribution in [3.63, 3.8) is 0 Å². The highest BCUT2D eigenvalue weighted by Gasteiger charge is 2.30. The van der Waals surface area contributed by atoms with Crippen molar-refractivity contribution in [2.75, 3.05) is 6.61 Å². The second kappa shape index (κ2) is 5.81. The van der Waals surface area contributed by atoms with Crippen molar-refractivity contribution < 1.29 is 23.6 Å². The first-order valence-electron chi connectivity index (χ1n) is 7.55. The van der Waals surface area contributed by atoms with Crippen molar-refractivity contribution in [2.24, 2.45) is 0 Å². The van der Waals surface area contributed by atoms with Crippen molar-refractivity contribution in [3.05, 3.63) is 54.1 Å². The average molecular weight is 323 g/mol. The van der Waals surface area contributed by atoms with Crippen molar-refractivity contribution >= 4 is 22.8 Å². The van der Waals surface area contributed by atoms with Gasteiger partial charge in [-0.3, -0.25) is 0 Å². The number of nitrogens with zero attached hydrogens (tertiary/aromatic N) is 1. The van der Waals surface area contributed by atoms with Crippen LogP contribution in [0.3, 0.4) is 0 Å². The van der Waals surface area contributed by atoms with Crippen molar-refractivity contribution in [2.45, 2.75) is 12.5 Å². The minimum Gasteiger partial charge on any atom is -0.463 e. The van der Waals surface area contributed by atoms with Crippen LogP contribution in [0.15, 0.2) is 53.1 Å². The lowest BCUT2D eigenvalue weighted by atomic mass is 10.1. The van der Waals surface area contributed by atoms with Gasteiger partial charge in [-0.25, -0.2) is 9.59 Å². The number of hydrogen-bond acceptors (Lipinski definition) is 6. The number of benzene rings is 2. The smallest absolute Gasteiger partial charge is 0.347 e. The topological polar surface area (TPSA) is 78.6 Å². The van der Waals surface area contributed by atoms with Gasteiger partial charge in [0, 0.05) is 12.0 Å². The van der Waals surface area contributed by atoms with E-state index in [4.69, 9.17) is 14.0 Å². The molecule has 1 saturated heterocycles. The maximum Gasteiger partial charge on any atom is 0.347 e. The summed E-state index contributed by atoms with van der Waals surface area (Å²) < 4.78 is 15.4. The molecule has 0 N–H and O–H groups in total. The minimum absolute atomic E-state index is 0.277. The molecule has 0 saturated carbocycles. The predicted octanol–water partition coefficient (Wildman–Crippen LogP) is 2.97. The molecular formula is C18H13NO5. The summed E-state index contributed by atoms with van der Waals surface area (Å²) in [5.41, 5.74) is 1.85. The lowest BCUT2D eigenvalue weighted by molar-refractivity contribution is -0.145. The third-order valence-corrected chi connectivity index (χ3v) is 3.88. The van der Waals surface area contributed by atoms with Gasteiger partial charge in [-0.1, -0.05) is 35.5 Å². The highest BCUT2D eigenvalue weighted by molar-refractivity contribution is 5.99. The number of carbonyl (C=O) groups excluding carboxylic acids is 2. The molecule has 4 rings (SSSR count). The molecular weight excluding hydrogens is 310 g/mol. The van der Waals surface area contributed by atoms with Crippen LogP contribution >= 0.6 is 0 Å². The summed E-state index contributed by atoms with van der Waals surface area (Å²) in [5.74, 6) is -0.485. The molecule has 0 bridgehead atoms. The van der Waals surface area contributed by atoms with E-state index in [1.54, 1.807) is 18.2 Å². The van der Waals surface area contributed by atoms with Gasteiger partial charge in [-0.05, 0) is 18.2 Å². The Morgan fingerprint density at radius 3 is 2.75 bits per heavy atom. The number of rotatable bonds is 3. The third kappa shape index (κ3) is 2.52. The number of hydrogen-bond donors (Lipinski definition) is 0. The van der Waals surface area contributed by atoms with E-state index < -0.39 is 18.0 Å². The van der Waals surface area contributed by atoms with Gasteiger partial charge in [0.15, 0.2) is 5.76 Å². The molecule has 1 aliphatic heterocycles. The van der Waals surface area contributed by atoms with Crippen LogP contribution < -0.4 is 0 Å². The molecule has 1 aromatic heterocycles. The average Bonchev–Trinajstić information content (AvgIpc) is 3.21. The Labute approximate surface area is 137 Å². The molecule has 0 aliphatic carbocycles. The Morgan fingerprint density at radius 2 is 2.00 bits per heavy atom. The van der Waals surface area contributed by atoms with Crippen LogP contribution in [0, 0.1) is 0 Å². The quantitative estimate of drug-likeness (QED) is 0.690. The second-order valence-corrected chi connectivity index (χ2v) is 5.46. The fraction of sp³-hybridized carbons (Fsp3) is 0.167. The molecule has 0 amide bonds. The number of carbonyl (C=O) groups is 2. The van der Waals surface area contributed by atoms with Crippen molar-refractivity contribution in [1.82, 2.24) is 5.16 Å². The third-order valence-electron chi connectivity index (χ3n) is 3.88. The van der Waals surface area contributed by atoms with Gasteiger partial charge in [0.1, 0.15) is 5.52 Å². The Kier molecular flexibility index (Phi) is 3.49. The molecule has 120 valence electrons. The molecule has 3 aromatic rings. The van der Waals surface area contributed by atoms with Gasteiger partial charge in [0.25, 0.3) is 0 Å². The van der Waals surface area contributed by atoms with E-state index in [9.17, 15) is 9.59 Å². The summed E-state index contributed by atoms with van der Waals surface area (Å²) >= 11 is 0. The van der Waals surface area contributed by atoms with Crippen LogP contribution in [0.2, 0.25) is 0 Å². The maximum absolute atomic E-state index is 12.3. The first kappa shape index (κ1) is 14.4. The lowest BCUT2D eigenvalue weighted by Crippen LogP contribution is -2.22. The largest absolute Gasteiger partial charge is 0.463 e. The minimum atomic E-state index is -0.829. The van der Waals surface area contributed by atoms with E-state index in [0.717, 1.165) is 5.56 Å². The van der Waals surface area contributed by atoms with Crippen molar-refractivity contribution in [3.8, 4) is 11.3 Å². The number of fused-ring (bicyclic) bond motifs is 1. The van der Waals surface area contributed by atoms with Crippen LogP contribution in [0.25, 0.3) is 22.2 Å². The van der Waals surface area contributed by atoms with Gasteiger partial charge >= 0.3 is 11.9 Å². The summed E-state index contributed by atoms with van der Waals surface area (Å²) in [6, 6.07) is 14.5. The fourth-order valence-corrected chi connectivity index (χ4v) is 2.65. The van der Waals surface area contributed by atoms with E-state index in [1.807, 2.05) is 30.3 Å². The highest BCUT2D eigenvalue weighted by Crippen LogP contribution is 2.29. The van der Waals surface area contributed by atoms with Gasteiger partial charge in [0.2, 0.25) is 6.10 Å².